The van der Waals surface area contributed by atoms with Gasteiger partial charge in [0.2, 0.25) is 0 Å². The standard InChI is InChI=1S/C20H18N2O3S2/c1-4-10-22-17-11-14(2)15(3)12-18(17)26-20(22)21-19(23)13-27(24,25)16-8-6-5-7-9-16/h1,5-9,11-12H,10,13H2,2-3H3. The van der Waals surface area contributed by atoms with Gasteiger partial charge in [0.25, 0.3) is 5.91 Å². The number of hydrogen-bond donors (Lipinski definition) is 0. The van der Waals surface area contributed by atoms with Crippen molar-refractivity contribution in [3.8, 4) is 12.3 Å². The number of hydrogen-bond acceptors (Lipinski definition) is 4. The third-order valence-electron chi connectivity index (χ3n) is 4.18. The van der Waals surface area contributed by atoms with E-state index in [1.54, 1.807) is 22.8 Å². The van der Waals surface area contributed by atoms with Gasteiger partial charge in [-0.05, 0) is 49.2 Å². The first-order valence-electron chi connectivity index (χ1n) is 8.21. The second-order valence-corrected chi connectivity index (χ2v) is 9.16. The van der Waals surface area contributed by atoms with E-state index in [9.17, 15) is 13.2 Å². The number of carbonyl (C=O) groups excluding carboxylic acids is 1. The van der Waals surface area contributed by atoms with Gasteiger partial charge in [-0.2, -0.15) is 4.99 Å². The highest BCUT2D eigenvalue weighted by Gasteiger charge is 2.19. The molecular weight excluding hydrogens is 380 g/mol. The van der Waals surface area contributed by atoms with Crippen LogP contribution in [-0.2, 0) is 21.2 Å². The van der Waals surface area contributed by atoms with Gasteiger partial charge in [-0.25, -0.2) is 8.42 Å². The lowest BCUT2D eigenvalue weighted by Crippen LogP contribution is -2.20. The Morgan fingerprint density at radius 1 is 1.19 bits per heavy atom. The summed E-state index contributed by atoms with van der Waals surface area (Å²) in [6, 6.07) is 11.9. The Morgan fingerprint density at radius 3 is 2.52 bits per heavy atom. The molecule has 5 nitrogen and oxygen atoms in total. The molecule has 0 atom stereocenters. The Kier molecular flexibility index (Phi) is 5.31. The van der Waals surface area contributed by atoms with E-state index in [0.717, 1.165) is 21.3 Å². The monoisotopic (exact) mass is 398 g/mol. The highest BCUT2D eigenvalue weighted by Crippen LogP contribution is 2.22. The number of rotatable bonds is 4. The summed E-state index contributed by atoms with van der Waals surface area (Å²) in [5, 5.41) is 0. The van der Waals surface area contributed by atoms with Crippen molar-refractivity contribution in [1.82, 2.24) is 4.57 Å². The van der Waals surface area contributed by atoms with Gasteiger partial charge < -0.3 is 4.57 Å². The molecule has 0 aliphatic carbocycles. The van der Waals surface area contributed by atoms with E-state index in [1.165, 1.54) is 23.5 Å². The van der Waals surface area contributed by atoms with E-state index in [2.05, 4.69) is 10.9 Å². The number of carbonyl (C=O) groups is 1. The highest BCUT2D eigenvalue weighted by molar-refractivity contribution is 7.92. The minimum absolute atomic E-state index is 0.104. The van der Waals surface area contributed by atoms with Crippen LogP contribution >= 0.6 is 11.3 Å². The first-order chi connectivity index (χ1) is 12.8. The summed E-state index contributed by atoms with van der Waals surface area (Å²) in [6.07, 6.45) is 5.47. The van der Waals surface area contributed by atoms with E-state index < -0.39 is 21.5 Å². The molecule has 0 bridgehead atoms. The number of terminal acetylenes is 1. The fourth-order valence-electron chi connectivity index (χ4n) is 2.66. The maximum Gasteiger partial charge on any atom is 0.263 e. The predicted molar refractivity (Wildman–Crippen MR) is 107 cm³/mol. The van der Waals surface area contributed by atoms with Crippen LogP contribution < -0.4 is 4.80 Å². The van der Waals surface area contributed by atoms with Crippen molar-refractivity contribution in [2.45, 2.75) is 25.3 Å². The molecule has 0 aliphatic heterocycles. The molecule has 0 unspecified atom stereocenters. The summed E-state index contributed by atoms with van der Waals surface area (Å²) >= 11 is 1.32. The van der Waals surface area contributed by atoms with Crippen LogP contribution in [0.1, 0.15) is 11.1 Å². The van der Waals surface area contributed by atoms with E-state index in [-0.39, 0.29) is 11.4 Å². The molecule has 0 aliphatic rings. The molecule has 0 radical (unpaired) electrons. The molecule has 3 aromatic rings. The first-order valence-corrected chi connectivity index (χ1v) is 10.7. The summed E-state index contributed by atoms with van der Waals surface area (Å²) in [7, 11) is -3.74. The molecule has 138 valence electrons. The van der Waals surface area contributed by atoms with Crippen LogP contribution in [0.2, 0.25) is 0 Å². The van der Waals surface area contributed by atoms with Gasteiger partial charge in [0.05, 0.1) is 21.7 Å². The quantitative estimate of drug-likeness (QED) is 0.635. The molecule has 2 aromatic carbocycles. The smallest absolute Gasteiger partial charge is 0.263 e. The van der Waals surface area contributed by atoms with Gasteiger partial charge in [-0.15, -0.1) is 6.42 Å². The molecule has 1 heterocycles. The van der Waals surface area contributed by atoms with Crippen molar-refractivity contribution in [2.75, 3.05) is 5.75 Å². The number of thiazole rings is 1. The zero-order valence-corrected chi connectivity index (χ0v) is 16.6. The average molecular weight is 399 g/mol. The molecule has 0 saturated heterocycles. The van der Waals surface area contributed by atoms with E-state index in [1.807, 2.05) is 26.0 Å². The minimum atomic E-state index is -3.74. The SMILES string of the molecule is C#CCn1c(=NC(=O)CS(=O)(=O)c2ccccc2)sc2cc(C)c(C)cc21. The van der Waals surface area contributed by atoms with Crippen LogP contribution in [0.5, 0.6) is 0 Å². The Bertz CT molecular complexity index is 1230. The first kappa shape index (κ1) is 19.1. The van der Waals surface area contributed by atoms with Gasteiger partial charge >= 0.3 is 0 Å². The van der Waals surface area contributed by atoms with E-state index >= 15 is 0 Å². The number of nitrogens with zero attached hydrogens (tertiary/aromatic N) is 2. The number of sulfone groups is 1. The lowest BCUT2D eigenvalue weighted by atomic mass is 10.1. The molecule has 7 heteroatoms. The van der Waals surface area contributed by atoms with Gasteiger partial charge in [-0.1, -0.05) is 35.5 Å². The van der Waals surface area contributed by atoms with E-state index in [0.29, 0.717) is 4.80 Å². The number of amides is 1. The molecular formula is C20H18N2O3S2. The van der Waals surface area contributed by atoms with Crippen LogP contribution in [0.3, 0.4) is 0 Å². The maximum atomic E-state index is 12.4. The van der Waals surface area contributed by atoms with Crippen molar-refractivity contribution >= 4 is 37.3 Å². The summed E-state index contributed by atoms with van der Waals surface area (Å²) in [4.78, 5) is 16.9. The normalized spacial score (nSPS) is 12.3. The summed E-state index contributed by atoms with van der Waals surface area (Å²) in [6.45, 7) is 4.26. The second kappa shape index (κ2) is 7.51. The third kappa shape index (κ3) is 4.02. The lowest BCUT2D eigenvalue weighted by Gasteiger charge is -2.03. The summed E-state index contributed by atoms with van der Waals surface area (Å²) < 4.78 is 27.5. The van der Waals surface area contributed by atoms with Crippen molar-refractivity contribution < 1.29 is 13.2 Å². The minimum Gasteiger partial charge on any atom is -0.305 e. The number of aromatic nitrogens is 1. The van der Waals surface area contributed by atoms with Crippen molar-refractivity contribution in [3.05, 3.63) is 58.4 Å². The van der Waals surface area contributed by atoms with E-state index in [4.69, 9.17) is 6.42 Å². The molecule has 3 rings (SSSR count). The number of fused-ring (bicyclic) bond motifs is 1. The zero-order chi connectivity index (χ0) is 19.6. The largest absolute Gasteiger partial charge is 0.305 e. The average Bonchev–Trinajstić information content (AvgIpc) is 2.92. The van der Waals surface area contributed by atoms with Crippen molar-refractivity contribution in [3.63, 3.8) is 0 Å². The Hall–Kier alpha value is -2.69. The molecule has 0 fully saturated rings. The maximum absolute atomic E-state index is 12.4. The second-order valence-electron chi connectivity index (χ2n) is 6.16. The van der Waals surface area contributed by atoms with Crippen molar-refractivity contribution in [1.29, 1.82) is 0 Å². The van der Waals surface area contributed by atoms with Crippen molar-refractivity contribution in [2.24, 2.45) is 4.99 Å². The van der Waals surface area contributed by atoms with Gasteiger partial charge in [0, 0.05) is 0 Å². The predicted octanol–water partition coefficient (Wildman–Crippen LogP) is 2.85. The number of benzene rings is 2. The molecule has 0 spiro atoms. The Labute approximate surface area is 161 Å². The molecule has 27 heavy (non-hydrogen) atoms. The fourth-order valence-corrected chi connectivity index (χ4v) is 4.92. The Balaban J connectivity index is 2.04. The van der Waals surface area contributed by atoms with Gasteiger partial charge in [-0.3, -0.25) is 4.79 Å². The fraction of sp³-hybridized carbons (Fsp3) is 0.200. The highest BCUT2D eigenvalue weighted by atomic mass is 32.2. The third-order valence-corrected chi connectivity index (χ3v) is 6.84. The topological polar surface area (TPSA) is 68.5 Å². The molecule has 1 amide bonds. The molecule has 1 aromatic heterocycles. The Morgan fingerprint density at radius 2 is 1.85 bits per heavy atom. The van der Waals surface area contributed by atoms with Crippen LogP contribution in [0.25, 0.3) is 10.2 Å². The zero-order valence-electron chi connectivity index (χ0n) is 15.0. The molecule has 0 saturated carbocycles. The van der Waals surface area contributed by atoms with Crippen LogP contribution in [0.4, 0.5) is 0 Å². The van der Waals surface area contributed by atoms with Crippen LogP contribution in [-0.4, -0.2) is 24.6 Å². The van der Waals surface area contributed by atoms with Gasteiger partial charge in [0.15, 0.2) is 14.6 Å². The summed E-state index contributed by atoms with van der Waals surface area (Å²) in [5.41, 5.74) is 3.12. The lowest BCUT2D eigenvalue weighted by molar-refractivity contribution is -0.115. The summed E-state index contributed by atoms with van der Waals surface area (Å²) in [5.74, 6) is 1.17. The van der Waals surface area contributed by atoms with Gasteiger partial charge in [0.1, 0.15) is 5.75 Å². The van der Waals surface area contributed by atoms with Crippen LogP contribution in [0, 0.1) is 26.2 Å². The molecule has 0 N–H and O–H groups in total. The van der Waals surface area contributed by atoms with Crippen LogP contribution in [0.15, 0.2) is 52.4 Å². The number of aryl methyl sites for hydroxylation is 2.